The maximum absolute atomic E-state index is 10.1. The summed E-state index contributed by atoms with van der Waals surface area (Å²) in [6.45, 7) is 0. The fourth-order valence-corrected chi connectivity index (χ4v) is 3.41. The van der Waals surface area contributed by atoms with Crippen LogP contribution in [0, 0.1) is 0 Å². The first-order valence-electron chi connectivity index (χ1n) is 9.17. The zero-order chi connectivity index (χ0) is 19.3. The second-order valence-electron chi connectivity index (χ2n) is 6.54. The molecule has 5 rings (SSSR count). The van der Waals surface area contributed by atoms with E-state index in [9.17, 15) is 5.11 Å². The predicted molar refractivity (Wildman–Crippen MR) is 117 cm³/mol. The van der Waals surface area contributed by atoms with Crippen LogP contribution in [-0.4, -0.2) is 10.2 Å². The van der Waals surface area contributed by atoms with Gasteiger partial charge in [-0.25, -0.2) is 0 Å². The molecule has 0 heterocycles. The SMILES string of the molecule is Oc1ccc(-c2cccc3ccccc23)c2ccccc12.Oc1ccccc1. The van der Waals surface area contributed by atoms with Gasteiger partial charge in [0.15, 0.2) is 0 Å². The van der Waals surface area contributed by atoms with E-state index in [0.717, 1.165) is 16.3 Å². The number of fused-ring (bicyclic) bond motifs is 2. The minimum Gasteiger partial charge on any atom is -0.508 e. The Balaban J connectivity index is 0.000000233. The zero-order valence-corrected chi connectivity index (χ0v) is 15.3. The monoisotopic (exact) mass is 364 g/mol. The highest BCUT2D eigenvalue weighted by molar-refractivity contribution is 6.06. The van der Waals surface area contributed by atoms with E-state index in [1.54, 1.807) is 30.3 Å². The van der Waals surface area contributed by atoms with Crippen molar-refractivity contribution in [1.29, 1.82) is 0 Å². The van der Waals surface area contributed by atoms with Crippen molar-refractivity contribution >= 4 is 21.5 Å². The van der Waals surface area contributed by atoms with Gasteiger partial charge in [0.2, 0.25) is 0 Å². The molecule has 0 saturated heterocycles. The molecule has 0 aliphatic heterocycles. The Kier molecular flexibility index (Phi) is 4.94. The first kappa shape index (κ1) is 17.6. The Labute approximate surface area is 164 Å². The molecule has 0 aliphatic rings. The van der Waals surface area contributed by atoms with Crippen LogP contribution in [0.25, 0.3) is 32.7 Å². The molecule has 0 bridgehead atoms. The summed E-state index contributed by atoms with van der Waals surface area (Å²) in [5.41, 5.74) is 2.35. The largest absolute Gasteiger partial charge is 0.508 e. The molecule has 0 aliphatic carbocycles. The Morgan fingerprint density at radius 2 is 0.964 bits per heavy atom. The molecule has 2 nitrogen and oxygen atoms in total. The molecule has 0 radical (unpaired) electrons. The molecule has 0 fully saturated rings. The normalized spacial score (nSPS) is 10.4. The minimum absolute atomic E-state index is 0.322. The molecule has 0 unspecified atom stereocenters. The van der Waals surface area contributed by atoms with E-state index in [-0.39, 0.29) is 0 Å². The highest BCUT2D eigenvalue weighted by Crippen LogP contribution is 2.36. The van der Waals surface area contributed by atoms with Crippen molar-refractivity contribution < 1.29 is 10.2 Å². The van der Waals surface area contributed by atoms with Crippen molar-refractivity contribution in [3.63, 3.8) is 0 Å². The molecule has 0 atom stereocenters. The molecule has 0 saturated carbocycles. The summed E-state index contributed by atoms with van der Waals surface area (Å²) in [6, 6.07) is 35.2. The van der Waals surface area contributed by atoms with Crippen LogP contribution in [0.15, 0.2) is 109 Å². The average molecular weight is 364 g/mol. The van der Waals surface area contributed by atoms with Crippen molar-refractivity contribution in [1.82, 2.24) is 0 Å². The van der Waals surface area contributed by atoms with Gasteiger partial charge in [0.05, 0.1) is 0 Å². The highest BCUT2D eigenvalue weighted by Gasteiger charge is 2.09. The number of para-hydroxylation sites is 1. The van der Waals surface area contributed by atoms with Crippen molar-refractivity contribution in [2.45, 2.75) is 0 Å². The Morgan fingerprint density at radius 3 is 1.68 bits per heavy atom. The molecule has 0 amide bonds. The fraction of sp³-hybridized carbons (Fsp3) is 0. The molecular formula is C26H20O2. The van der Waals surface area contributed by atoms with Gasteiger partial charge in [0.25, 0.3) is 0 Å². The summed E-state index contributed by atoms with van der Waals surface area (Å²) in [4.78, 5) is 0. The minimum atomic E-state index is 0.322. The van der Waals surface area contributed by atoms with Crippen LogP contribution in [-0.2, 0) is 0 Å². The van der Waals surface area contributed by atoms with Gasteiger partial charge in [-0.05, 0) is 45.5 Å². The summed E-state index contributed by atoms with van der Waals surface area (Å²) >= 11 is 0. The maximum atomic E-state index is 10.1. The molecule has 0 spiro atoms. The van der Waals surface area contributed by atoms with E-state index in [1.165, 1.54) is 16.3 Å². The number of benzene rings is 5. The lowest BCUT2D eigenvalue weighted by Gasteiger charge is -2.11. The van der Waals surface area contributed by atoms with Crippen LogP contribution >= 0.6 is 0 Å². The summed E-state index contributed by atoms with van der Waals surface area (Å²) in [5, 5.41) is 23.1. The van der Waals surface area contributed by atoms with Gasteiger partial charge in [0, 0.05) is 5.39 Å². The van der Waals surface area contributed by atoms with Crippen molar-refractivity contribution in [2.24, 2.45) is 0 Å². The lowest BCUT2D eigenvalue weighted by molar-refractivity contribution is 0.475. The standard InChI is InChI=1S/C20H14O.C6H6O/c21-20-13-12-18(17-9-3-4-10-19(17)20)16-11-5-7-14-6-1-2-8-15(14)16;7-6-4-2-1-3-5-6/h1-13,21H;1-5,7H. The Bertz CT molecular complexity index is 1220. The van der Waals surface area contributed by atoms with Gasteiger partial charge >= 0.3 is 0 Å². The number of aromatic hydroxyl groups is 2. The van der Waals surface area contributed by atoms with E-state index in [0.29, 0.717) is 11.5 Å². The summed E-state index contributed by atoms with van der Waals surface area (Å²) in [7, 11) is 0. The number of rotatable bonds is 1. The molecule has 136 valence electrons. The topological polar surface area (TPSA) is 40.5 Å². The van der Waals surface area contributed by atoms with Gasteiger partial charge in [-0.15, -0.1) is 0 Å². The number of phenols is 2. The van der Waals surface area contributed by atoms with Crippen LogP contribution < -0.4 is 0 Å². The van der Waals surface area contributed by atoms with Gasteiger partial charge in [-0.1, -0.05) is 91.0 Å². The lowest BCUT2D eigenvalue weighted by Crippen LogP contribution is -1.84. The summed E-state index contributed by atoms with van der Waals surface area (Å²) in [5.74, 6) is 0.650. The van der Waals surface area contributed by atoms with Gasteiger partial charge in [0.1, 0.15) is 11.5 Å². The van der Waals surface area contributed by atoms with Gasteiger partial charge < -0.3 is 10.2 Å². The molecule has 5 aromatic rings. The lowest BCUT2D eigenvalue weighted by atomic mass is 9.94. The smallest absolute Gasteiger partial charge is 0.123 e. The van der Waals surface area contributed by atoms with E-state index in [1.807, 2.05) is 30.3 Å². The first-order chi connectivity index (χ1) is 13.7. The fourth-order valence-electron chi connectivity index (χ4n) is 3.41. The number of phenolic OH excluding ortho intramolecular Hbond substituents is 2. The average Bonchev–Trinajstić information content (AvgIpc) is 2.75. The molecule has 2 N–H and O–H groups in total. The third-order valence-electron chi connectivity index (χ3n) is 4.74. The highest BCUT2D eigenvalue weighted by atomic mass is 16.3. The van der Waals surface area contributed by atoms with Crippen molar-refractivity contribution in [2.75, 3.05) is 0 Å². The van der Waals surface area contributed by atoms with E-state index in [4.69, 9.17) is 5.11 Å². The Morgan fingerprint density at radius 1 is 0.393 bits per heavy atom. The van der Waals surface area contributed by atoms with E-state index < -0.39 is 0 Å². The van der Waals surface area contributed by atoms with Crippen LogP contribution in [0.4, 0.5) is 0 Å². The van der Waals surface area contributed by atoms with Crippen LogP contribution in [0.2, 0.25) is 0 Å². The molecular weight excluding hydrogens is 344 g/mol. The first-order valence-corrected chi connectivity index (χ1v) is 9.17. The van der Waals surface area contributed by atoms with Gasteiger partial charge in [-0.2, -0.15) is 0 Å². The quantitative estimate of drug-likeness (QED) is 0.345. The third kappa shape index (κ3) is 3.53. The number of hydrogen-bond acceptors (Lipinski definition) is 2. The van der Waals surface area contributed by atoms with Gasteiger partial charge in [-0.3, -0.25) is 0 Å². The van der Waals surface area contributed by atoms with Crippen LogP contribution in [0.1, 0.15) is 0 Å². The predicted octanol–water partition coefficient (Wildman–Crippen LogP) is 6.76. The molecule has 5 aromatic carbocycles. The molecule has 0 aromatic heterocycles. The second kappa shape index (κ2) is 7.85. The van der Waals surface area contributed by atoms with Crippen LogP contribution in [0.5, 0.6) is 11.5 Å². The third-order valence-corrected chi connectivity index (χ3v) is 4.74. The maximum Gasteiger partial charge on any atom is 0.123 e. The molecule has 2 heteroatoms. The van der Waals surface area contributed by atoms with Crippen molar-refractivity contribution in [3.05, 3.63) is 109 Å². The van der Waals surface area contributed by atoms with E-state index in [2.05, 4.69) is 48.5 Å². The number of hydrogen-bond donors (Lipinski definition) is 2. The Hall–Kier alpha value is -3.78. The zero-order valence-electron chi connectivity index (χ0n) is 15.3. The van der Waals surface area contributed by atoms with Crippen LogP contribution in [0.3, 0.4) is 0 Å². The van der Waals surface area contributed by atoms with Crippen molar-refractivity contribution in [3.8, 4) is 22.6 Å². The van der Waals surface area contributed by atoms with E-state index >= 15 is 0 Å². The molecule has 28 heavy (non-hydrogen) atoms. The summed E-state index contributed by atoms with van der Waals surface area (Å²) in [6.07, 6.45) is 0. The second-order valence-corrected chi connectivity index (χ2v) is 6.54. The summed E-state index contributed by atoms with van der Waals surface area (Å²) < 4.78 is 0.